The zero-order valence-corrected chi connectivity index (χ0v) is 8.61. The Labute approximate surface area is 83.1 Å². The maximum Gasteiger partial charge on any atom is 0.201 e. The molecule has 0 atom stereocenters. The number of carbonyl (C=O) groups is 1. The first-order chi connectivity index (χ1) is 6.49. The summed E-state index contributed by atoms with van der Waals surface area (Å²) in [4.78, 5) is 12.1. The predicted molar refractivity (Wildman–Crippen MR) is 51.0 cm³/mol. The minimum absolute atomic E-state index is 0.303. The van der Waals surface area contributed by atoms with Crippen molar-refractivity contribution in [2.24, 2.45) is 0 Å². The molecule has 4 heteroatoms. The number of amides is 1. The van der Waals surface area contributed by atoms with Gasteiger partial charge in [0.05, 0.1) is 6.26 Å². The molecule has 0 aromatic carbocycles. The molecular formula is C10H14NO3-. The maximum atomic E-state index is 11.0. The Balaban J connectivity index is 3.03. The molecule has 0 bridgehead atoms. The summed E-state index contributed by atoms with van der Waals surface area (Å²) in [5.41, 5.74) is -0.517. The summed E-state index contributed by atoms with van der Waals surface area (Å²) in [6.45, 7) is 5.56. The summed E-state index contributed by atoms with van der Waals surface area (Å²) in [6, 6.07) is 3.25. The Bertz CT molecular complexity index is 303. The summed E-state index contributed by atoms with van der Waals surface area (Å²) >= 11 is 0. The minimum Gasteiger partial charge on any atom is -0.530 e. The van der Waals surface area contributed by atoms with Gasteiger partial charge in [0.1, 0.15) is 6.09 Å². The van der Waals surface area contributed by atoms with Gasteiger partial charge in [0.2, 0.25) is 5.88 Å². The average molecular weight is 196 g/mol. The summed E-state index contributed by atoms with van der Waals surface area (Å²) in [6.07, 6.45) is 0.880. The highest BCUT2D eigenvalue weighted by Gasteiger charge is 2.27. The largest absolute Gasteiger partial charge is 0.530 e. The number of rotatable bonds is 3. The van der Waals surface area contributed by atoms with E-state index in [0.717, 1.165) is 4.90 Å². The van der Waals surface area contributed by atoms with Gasteiger partial charge in [-0.1, -0.05) is 6.92 Å². The molecule has 0 fully saturated rings. The van der Waals surface area contributed by atoms with Crippen LogP contribution in [0.3, 0.4) is 0 Å². The van der Waals surface area contributed by atoms with Crippen LogP contribution in [0.15, 0.2) is 22.8 Å². The standard InChI is InChI=1S/C10H15NO3/c1-4-10(2,3)11(9(12)13)8-6-5-7-14-8/h5-7H,4H2,1-3H3,(H,12,13)/p-1. The molecule has 1 aromatic rings. The summed E-state index contributed by atoms with van der Waals surface area (Å²) in [5, 5.41) is 11.0. The van der Waals surface area contributed by atoms with Gasteiger partial charge in [0.15, 0.2) is 0 Å². The number of hydrogen-bond acceptors (Lipinski definition) is 3. The van der Waals surface area contributed by atoms with Gasteiger partial charge in [-0.3, -0.25) is 4.90 Å². The lowest BCUT2D eigenvalue weighted by molar-refractivity contribution is -0.248. The zero-order chi connectivity index (χ0) is 10.8. The van der Waals surface area contributed by atoms with Crippen LogP contribution in [0, 0.1) is 0 Å². The second kappa shape index (κ2) is 3.74. The van der Waals surface area contributed by atoms with Crippen molar-refractivity contribution in [1.82, 2.24) is 0 Å². The quantitative estimate of drug-likeness (QED) is 0.738. The van der Waals surface area contributed by atoms with Crippen LogP contribution in [0.4, 0.5) is 10.7 Å². The highest BCUT2D eigenvalue weighted by Crippen LogP contribution is 2.26. The molecule has 0 radical (unpaired) electrons. The van der Waals surface area contributed by atoms with E-state index in [9.17, 15) is 9.90 Å². The Morgan fingerprint density at radius 3 is 2.64 bits per heavy atom. The van der Waals surface area contributed by atoms with Crippen LogP contribution >= 0.6 is 0 Å². The van der Waals surface area contributed by atoms with E-state index in [4.69, 9.17) is 4.42 Å². The molecule has 0 spiro atoms. The molecule has 0 aliphatic rings. The second-order valence-electron chi connectivity index (χ2n) is 3.72. The van der Waals surface area contributed by atoms with E-state index in [1.165, 1.54) is 6.26 Å². The van der Waals surface area contributed by atoms with Crippen LogP contribution in [-0.2, 0) is 0 Å². The normalized spacial score (nSPS) is 11.4. The Morgan fingerprint density at radius 1 is 1.64 bits per heavy atom. The fraction of sp³-hybridized carbons (Fsp3) is 0.500. The number of furan rings is 1. The van der Waals surface area contributed by atoms with Crippen molar-refractivity contribution in [3.05, 3.63) is 18.4 Å². The molecule has 78 valence electrons. The SMILES string of the molecule is CCC(C)(C)N(C(=O)[O-])c1ccco1. The topological polar surface area (TPSA) is 56.5 Å². The fourth-order valence-electron chi connectivity index (χ4n) is 1.19. The zero-order valence-electron chi connectivity index (χ0n) is 8.61. The molecule has 0 aliphatic carbocycles. The first-order valence-corrected chi connectivity index (χ1v) is 4.53. The van der Waals surface area contributed by atoms with E-state index in [2.05, 4.69) is 0 Å². The molecular weight excluding hydrogens is 182 g/mol. The highest BCUT2D eigenvalue weighted by atomic mass is 16.4. The Kier molecular flexibility index (Phi) is 2.84. The van der Waals surface area contributed by atoms with E-state index in [1.807, 2.05) is 20.8 Å². The van der Waals surface area contributed by atoms with Crippen LogP contribution in [0.5, 0.6) is 0 Å². The smallest absolute Gasteiger partial charge is 0.201 e. The van der Waals surface area contributed by atoms with E-state index in [1.54, 1.807) is 12.1 Å². The maximum absolute atomic E-state index is 11.0. The van der Waals surface area contributed by atoms with Crippen LogP contribution in [0.1, 0.15) is 27.2 Å². The van der Waals surface area contributed by atoms with Gasteiger partial charge in [-0.15, -0.1) is 0 Å². The number of carbonyl (C=O) groups excluding carboxylic acids is 1. The molecule has 0 saturated carbocycles. The van der Waals surface area contributed by atoms with Crippen LogP contribution < -0.4 is 10.0 Å². The first-order valence-electron chi connectivity index (χ1n) is 4.53. The van der Waals surface area contributed by atoms with Gasteiger partial charge in [0, 0.05) is 11.6 Å². The lowest BCUT2D eigenvalue weighted by atomic mass is 10.00. The number of hydrogen-bond donors (Lipinski definition) is 0. The third-order valence-electron chi connectivity index (χ3n) is 2.38. The summed E-state index contributed by atoms with van der Waals surface area (Å²) in [5.74, 6) is 0.303. The van der Waals surface area contributed by atoms with Gasteiger partial charge in [-0.25, -0.2) is 0 Å². The summed E-state index contributed by atoms with van der Waals surface area (Å²) < 4.78 is 5.05. The van der Waals surface area contributed by atoms with Crippen molar-refractivity contribution < 1.29 is 14.3 Å². The van der Waals surface area contributed by atoms with Gasteiger partial charge < -0.3 is 14.3 Å². The molecule has 0 unspecified atom stereocenters. The molecule has 4 nitrogen and oxygen atoms in total. The molecule has 1 amide bonds. The molecule has 1 aromatic heterocycles. The van der Waals surface area contributed by atoms with Gasteiger partial charge in [0.25, 0.3) is 0 Å². The fourth-order valence-corrected chi connectivity index (χ4v) is 1.19. The van der Waals surface area contributed by atoms with Gasteiger partial charge >= 0.3 is 0 Å². The second-order valence-corrected chi connectivity index (χ2v) is 3.72. The highest BCUT2D eigenvalue weighted by molar-refractivity contribution is 5.84. The van der Waals surface area contributed by atoms with Crippen LogP contribution in [-0.4, -0.2) is 11.6 Å². The first kappa shape index (κ1) is 10.6. The van der Waals surface area contributed by atoms with Gasteiger partial charge in [-0.2, -0.15) is 0 Å². The Hall–Kier alpha value is -1.45. The summed E-state index contributed by atoms with van der Waals surface area (Å²) in [7, 11) is 0. The lowest BCUT2D eigenvalue weighted by Crippen LogP contribution is -2.53. The lowest BCUT2D eigenvalue weighted by Gasteiger charge is -2.37. The van der Waals surface area contributed by atoms with Crippen molar-refractivity contribution in [1.29, 1.82) is 0 Å². The Morgan fingerprint density at radius 2 is 2.29 bits per heavy atom. The number of anilines is 1. The third kappa shape index (κ3) is 1.89. The van der Waals surface area contributed by atoms with E-state index in [0.29, 0.717) is 12.3 Å². The van der Waals surface area contributed by atoms with Crippen molar-refractivity contribution in [3.63, 3.8) is 0 Å². The molecule has 14 heavy (non-hydrogen) atoms. The number of nitrogens with zero attached hydrogens (tertiary/aromatic N) is 1. The molecule has 0 N–H and O–H groups in total. The average Bonchev–Trinajstić information content (AvgIpc) is 2.56. The van der Waals surface area contributed by atoms with Crippen LogP contribution in [0.2, 0.25) is 0 Å². The van der Waals surface area contributed by atoms with Crippen molar-refractivity contribution in [2.45, 2.75) is 32.7 Å². The van der Waals surface area contributed by atoms with E-state index in [-0.39, 0.29) is 0 Å². The van der Waals surface area contributed by atoms with Crippen molar-refractivity contribution in [3.8, 4) is 0 Å². The van der Waals surface area contributed by atoms with Crippen LogP contribution in [0.25, 0.3) is 0 Å². The van der Waals surface area contributed by atoms with E-state index >= 15 is 0 Å². The van der Waals surface area contributed by atoms with Crippen molar-refractivity contribution in [2.75, 3.05) is 4.90 Å². The van der Waals surface area contributed by atoms with E-state index < -0.39 is 11.6 Å². The molecule has 1 heterocycles. The number of carboxylic acid groups (broad SMARTS) is 1. The van der Waals surface area contributed by atoms with Crippen molar-refractivity contribution >= 4 is 12.0 Å². The minimum atomic E-state index is -1.24. The third-order valence-corrected chi connectivity index (χ3v) is 2.38. The molecule has 0 saturated heterocycles. The predicted octanol–water partition coefficient (Wildman–Crippen LogP) is 1.62. The van der Waals surface area contributed by atoms with Gasteiger partial charge in [-0.05, 0) is 26.3 Å². The monoisotopic (exact) mass is 196 g/mol. The molecule has 0 aliphatic heterocycles. The molecule has 1 rings (SSSR count).